The maximum atomic E-state index is 12.0. The molecule has 1 N–H and O–H groups in total. The number of rotatable bonds is 7. The lowest BCUT2D eigenvalue weighted by Gasteiger charge is -2.15. The number of hydrogen-bond acceptors (Lipinski definition) is 4. The van der Waals surface area contributed by atoms with Gasteiger partial charge >= 0.3 is 0 Å². The standard InChI is InChI=1S/C18H20ClNO4/c1-12-7-15(22-2)18(16(8-12)23-3)24-11-17(21)20-10-13-5-4-6-14(19)9-13/h4-9H,10-11H2,1-3H3,(H,20,21). The van der Waals surface area contributed by atoms with Gasteiger partial charge in [0, 0.05) is 11.6 Å². The number of aryl methyl sites for hydroxylation is 1. The van der Waals surface area contributed by atoms with Gasteiger partial charge in [-0.25, -0.2) is 0 Å². The van der Waals surface area contributed by atoms with E-state index in [1.807, 2.05) is 31.2 Å². The molecular formula is C18H20ClNO4. The lowest BCUT2D eigenvalue weighted by atomic mass is 10.2. The first-order valence-corrected chi connectivity index (χ1v) is 7.78. The Morgan fingerprint density at radius 2 is 1.79 bits per heavy atom. The van der Waals surface area contributed by atoms with Crippen LogP contribution in [0.5, 0.6) is 17.2 Å². The van der Waals surface area contributed by atoms with Crippen molar-refractivity contribution in [1.82, 2.24) is 5.32 Å². The SMILES string of the molecule is COc1cc(C)cc(OC)c1OCC(=O)NCc1cccc(Cl)c1. The van der Waals surface area contributed by atoms with E-state index in [2.05, 4.69) is 5.32 Å². The van der Waals surface area contributed by atoms with Crippen LogP contribution in [-0.4, -0.2) is 26.7 Å². The van der Waals surface area contributed by atoms with Gasteiger partial charge in [-0.15, -0.1) is 0 Å². The summed E-state index contributed by atoms with van der Waals surface area (Å²) in [6.07, 6.45) is 0. The van der Waals surface area contributed by atoms with Crippen LogP contribution in [0.4, 0.5) is 0 Å². The van der Waals surface area contributed by atoms with Gasteiger partial charge in [0.15, 0.2) is 18.1 Å². The molecule has 0 bridgehead atoms. The predicted octanol–water partition coefficient (Wildman–Crippen LogP) is 3.36. The number of nitrogens with one attached hydrogen (secondary N) is 1. The van der Waals surface area contributed by atoms with E-state index in [1.54, 1.807) is 26.4 Å². The molecule has 0 spiro atoms. The molecule has 0 atom stereocenters. The number of halogens is 1. The van der Waals surface area contributed by atoms with Crippen LogP contribution >= 0.6 is 11.6 Å². The third kappa shape index (κ3) is 4.80. The molecule has 128 valence electrons. The lowest BCUT2D eigenvalue weighted by Crippen LogP contribution is -2.28. The summed E-state index contributed by atoms with van der Waals surface area (Å²) in [7, 11) is 3.08. The Hall–Kier alpha value is -2.40. The van der Waals surface area contributed by atoms with E-state index in [1.165, 1.54) is 0 Å². The molecule has 0 unspecified atom stereocenters. The zero-order valence-corrected chi connectivity index (χ0v) is 14.6. The Kier molecular flexibility index (Phi) is 6.32. The maximum Gasteiger partial charge on any atom is 0.258 e. The summed E-state index contributed by atoms with van der Waals surface area (Å²) in [4.78, 5) is 12.0. The number of methoxy groups -OCH3 is 2. The van der Waals surface area contributed by atoms with E-state index in [0.29, 0.717) is 28.8 Å². The van der Waals surface area contributed by atoms with Crippen LogP contribution in [0.1, 0.15) is 11.1 Å². The van der Waals surface area contributed by atoms with Crippen molar-refractivity contribution in [3.63, 3.8) is 0 Å². The number of hydrogen-bond donors (Lipinski definition) is 1. The molecule has 0 fully saturated rings. The molecular weight excluding hydrogens is 330 g/mol. The minimum Gasteiger partial charge on any atom is -0.493 e. The predicted molar refractivity (Wildman–Crippen MR) is 93.1 cm³/mol. The summed E-state index contributed by atoms with van der Waals surface area (Å²) >= 11 is 5.92. The third-order valence-corrected chi connectivity index (χ3v) is 3.57. The largest absolute Gasteiger partial charge is 0.493 e. The molecule has 5 nitrogen and oxygen atoms in total. The van der Waals surface area contributed by atoms with Crippen molar-refractivity contribution in [3.8, 4) is 17.2 Å². The van der Waals surface area contributed by atoms with Crippen LogP contribution in [0, 0.1) is 6.92 Å². The van der Waals surface area contributed by atoms with Crippen molar-refractivity contribution in [2.75, 3.05) is 20.8 Å². The Balaban J connectivity index is 1.96. The summed E-state index contributed by atoms with van der Waals surface area (Å²) in [6, 6.07) is 10.9. The highest BCUT2D eigenvalue weighted by atomic mass is 35.5. The van der Waals surface area contributed by atoms with Crippen molar-refractivity contribution in [1.29, 1.82) is 0 Å². The Bertz CT molecular complexity index is 693. The normalized spacial score (nSPS) is 10.2. The second-order valence-corrected chi connectivity index (χ2v) is 5.63. The van der Waals surface area contributed by atoms with Crippen molar-refractivity contribution < 1.29 is 19.0 Å². The highest BCUT2D eigenvalue weighted by Gasteiger charge is 2.14. The van der Waals surface area contributed by atoms with Crippen molar-refractivity contribution in [2.45, 2.75) is 13.5 Å². The Morgan fingerprint density at radius 3 is 2.38 bits per heavy atom. The van der Waals surface area contributed by atoms with Gasteiger partial charge in [0.1, 0.15) is 0 Å². The fourth-order valence-corrected chi connectivity index (χ4v) is 2.40. The molecule has 0 aliphatic carbocycles. The number of amides is 1. The molecule has 0 aliphatic heterocycles. The van der Waals surface area contributed by atoms with Crippen molar-refractivity contribution in [3.05, 3.63) is 52.5 Å². The molecule has 0 radical (unpaired) electrons. The van der Waals surface area contributed by atoms with Gasteiger partial charge in [-0.1, -0.05) is 23.7 Å². The Morgan fingerprint density at radius 1 is 1.12 bits per heavy atom. The van der Waals surface area contributed by atoms with E-state index >= 15 is 0 Å². The number of carbonyl (C=O) groups is 1. The second-order valence-electron chi connectivity index (χ2n) is 5.19. The van der Waals surface area contributed by atoms with Gasteiger partial charge in [0.25, 0.3) is 5.91 Å². The van der Waals surface area contributed by atoms with Gasteiger partial charge in [0.05, 0.1) is 14.2 Å². The molecule has 2 aromatic carbocycles. The van der Waals surface area contributed by atoms with Crippen LogP contribution in [0.3, 0.4) is 0 Å². The van der Waals surface area contributed by atoms with E-state index in [4.69, 9.17) is 25.8 Å². The average Bonchev–Trinajstić information content (AvgIpc) is 2.58. The number of benzene rings is 2. The summed E-state index contributed by atoms with van der Waals surface area (Å²) < 4.78 is 16.2. The van der Waals surface area contributed by atoms with Crippen LogP contribution in [-0.2, 0) is 11.3 Å². The van der Waals surface area contributed by atoms with Gasteiger partial charge in [-0.05, 0) is 42.3 Å². The van der Waals surface area contributed by atoms with Crippen molar-refractivity contribution in [2.24, 2.45) is 0 Å². The molecule has 6 heteroatoms. The molecule has 0 aromatic heterocycles. The third-order valence-electron chi connectivity index (χ3n) is 3.33. The molecule has 2 rings (SSSR count). The molecule has 1 amide bonds. The quantitative estimate of drug-likeness (QED) is 0.832. The monoisotopic (exact) mass is 349 g/mol. The summed E-state index contributed by atoms with van der Waals surface area (Å²) in [5, 5.41) is 3.41. The number of carbonyl (C=O) groups excluding carboxylic acids is 1. The smallest absolute Gasteiger partial charge is 0.258 e. The molecule has 0 saturated heterocycles. The fourth-order valence-electron chi connectivity index (χ4n) is 2.19. The molecule has 0 saturated carbocycles. The first-order chi connectivity index (χ1) is 11.5. The molecule has 2 aromatic rings. The zero-order valence-electron chi connectivity index (χ0n) is 13.9. The van der Waals surface area contributed by atoms with E-state index in [-0.39, 0.29) is 12.5 Å². The highest BCUT2D eigenvalue weighted by molar-refractivity contribution is 6.30. The number of ether oxygens (including phenoxy) is 3. The van der Waals surface area contributed by atoms with Crippen LogP contribution < -0.4 is 19.5 Å². The molecule has 0 heterocycles. The van der Waals surface area contributed by atoms with Crippen LogP contribution in [0.15, 0.2) is 36.4 Å². The maximum absolute atomic E-state index is 12.0. The fraction of sp³-hybridized carbons (Fsp3) is 0.278. The first-order valence-electron chi connectivity index (χ1n) is 7.40. The summed E-state index contributed by atoms with van der Waals surface area (Å²) in [6.45, 7) is 2.16. The topological polar surface area (TPSA) is 56.8 Å². The van der Waals surface area contributed by atoms with Gasteiger partial charge < -0.3 is 19.5 Å². The minimum atomic E-state index is -0.250. The highest BCUT2D eigenvalue weighted by Crippen LogP contribution is 2.38. The average molecular weight is 350 g/mol. The zero-order chi connectivity index (χ0) is 17.5. The second kappa shape index (κ2) is 8.45. The van der Waals surface area contributed by atoms with Gasteiger partial charge in [-0.2, -0.15) is 0 Å². The van der Waals surface area contributed by atoms with E-state index in [0.717, 1.165) is 11.1 Å². The first kappa shape index (κ1) is 17.9. The van der Waals surface area contributed by atoms with Gasteiger partial charge in [-0.3, -0.25) is 4.79 Å². The van der Waals surface area contributed by atoms with Crippen LogP contribution in [0.25, 0.3) is 0 Å². The van der Waals surface area contributed by atoms with Crippen LogP contribution in [0.2, 0.25) is 5.02 Å². The Labute approximate surface area is 146 Å². The van der Waals surface area contributed by atoms with Crippen molar-refractivity contribution >= 4 is 17.5 Å². The molecule has 24 heavy (non-hydrogen) atoms. The summed E-state index contributed by atoms with van der Waals surface area (Å²) in [5.41, 5.74) is 1.89. The minimum absolute atomic E-state index is 0.143. The molecule has 0 aliphatic rings. The van der Waals surface area contributed by atoms with E-state index in [9.17, 15) is 4.79 Å². The van der Waals surface area contributed by atoms with Gasteiger partial charge in [0.2, 0.25) is 5.75 Å². The summed E-state index contributed by atoms with van der Waals surface area (Å²) in [5.74, 6) is 1.20. The lowest BCUT2D eigenvalue weighted by molar-refractivity contribution is -0.123. The van der Waals surface area contributed by atoms with E-state index < -0.39 is 0 Å².